The van der Waals surface area contributed by atoms with E-state index in [0.717, 1.165) is 5.56 Å². The number of hydrogen-bond acceptors (Lipinski definition) is 3. The van der Waals surface area contributed by atoms with E-state index in [9.17, 15) is 9.90 Å². The Hall–Kier alpha value is -1.55. The Morgan fingerprint density at radius 1 is 1.41 bits per heavy atom. The fraction of sp³-hybridized carbons (Fsp3) is 0.462. The Labute approximate surface area is 101 Å². The molecule has 0 unspecified atom stereocenters. The lowest BCUT2D eigenvalue weighted by atomic mass is 10.1. The molecule has 94 valence electrons. The van der Waals surface area contributed by atoms with Gasteiger partial charge in [-0.25, -0.2) is 0 Å². The molecule has 0 atom stereocenters. The van der Waals surface area contributed by atoms with E-state index < -0.39 is 0 Å². The molecule has 4 heteroatoms. The lowest BCUT2D eigenvalue weighted by molar-refractivity contribution is -0.132. The largest absolute Gasteiger partial charge is 0.508 e. The topological polar surface area (TPSA) is 60.8 Å². The van der Waals surface area contributed by atoms with Crippen LogP contribution < -0.4 is 0 Å². The summed E-state index contributed by atoms with van der Waals surface area (Å²) in [4.78, 5) is 13.6. The van der Waals surface area contributed by atoms with Gasteiger partial charge in [0.1, 0.15) is 5.75 Å². The fourth-order valence-electron chi connectivity index (χ4n) is 1.72. The second kappa shape index (κ2) is 6.25. The summed E-state index contributed by atoms with van der Waals surface area (Å²) >= 11 is 0. The van der Waals surface area contributed by atoms with Crippen molar-refractivity contribution in [3.8, 4) is 5.75 Å². The van der Waals surface area contributed by atoms with E-state index in [4.69, 9.17) is 5.11 Å². The molecule has 0 bridgehead atoms. The number of aliphatic hydroxyl groups excluding tert-OH is 1. The zero-order chi connectivity index (χ0) is 12.8. The van der Waals surface area contributed by atoms with Gasteiger partial charge in [0.25, 0.3) is 0 Å². The first-order valence-corrected chi connectivity index (χ1v) is 5.73. The summed E-state index contributed by atoms with van der Waals surface area (Å²) in [7, 11) is 0. The molecule has 0 fully saturated rings. The third kappa shape index (κ3) is 4.07. The molecule has 17 heavy (non-hydrogen) atoms. The van der Waals surface area contributed by atoms with Crippen molar-refractivity contribution < 1.29 is 15.0 Å². The Kier molecular flexibility index (Phi) is 4.97. The van der Waals surface area contributed by atoms with Gasteiger partial charge in [0.2, 0.25) is 5.91 Å². The molecule has 0 heterocycles. The first-order chi connectivity index (χ1) is 8.04. The average Bonchev–Trinajstić information content (AvgIpc) is 2.25. The molecule has 1 aromatic rings. The number of phenolic OH excluding ortho intramolecular Hbond substituents is 1. The highest BCUT2D eigenvalue weighted by molar-refractivity contribution is 5.79. The van der Waals surface area contributed by atoms with Crippen molar-refractivity contribution in [1.82, 2.24) is 4.90 Å². The fourth-order valence-corrected chi connectivity index (χ4v) is 1.72. The van der Waals surface area contributed by atoms with Crippen LogP contribution in [0.15, 0.2) is 24.3 Å². The van der Waals surface area contributed by atoms with Gasteiger partial charge in [0.05, 0.1) is 13.0 Å². The number of phenols is 1. The van der Waals surface area contributed by atoms with Crippen molar-refractivity contribution >= 4 is 5.91 Å². The van der Waals surface area contributed by atoms with E-state index in [-0.39, 0.29) is 30.7 Å². The highest BCUT2D eigenvalue weighted by Crippen LogP contribution is 2.13. The second-order valence-electron chi connectivity index (χ2n) is 4.25. The van der Waals surface area contributed by atoms with Crippen LogP contribution in [0.25, 0.3) is 0 Å². The lowest BCUT2D eigenvalue weighted by Gasteiger charge is -2.26. The van der Waals surface area contributed by atoms with Crippen LogP contribution >= 0.6 is 0 Å². The first-order valence-electron chi connectivity index (χ1n) is 5.73. The molecular weight excluding hydrogens is 218 g/mol. The van der Waals surface area contributed by atoms with Crippen molar-refractivity contribution in [3.05, 3.63) is 29.8 Å². The van der Waals surface area contributed by atoms with E-state index in [1.54, 1.807) is 29.2 Å². The molecule has 0 saturated heterocycles. The summed E-state index contributed by atoms with van der Waals surface area (Å²) in [5.74, 6) is 0.119. The van der Waals surface area contributed by atoms with Crippen molar-refractivity contribution in [1.29, 1.82) is 0 Å². The highest BCUT2D eigenvalue weighted by atomic mass is 16.3. The van der Waals surface area contributed by atoms with Gasteiger partial charge in [-0.1, -0.05) is 12.1 Å². The smallest absolute Gasteiger partial charge is 0.227 e. The van der Waals surface area contributed by atoms with Crippen LogP contribution in [0.5, 0.6) is 5.75 Å². The molecule has 0 aliphatic heterocycles. The maximum atomic E-state index is 12.0. The third-order valence-electron chi connectivity index (χ3n) is 2.55. The van der Waals surface area contributed by atoms with E-state index in [0.29, 0.717) is 6.54 Å². The summed E-state index contributed by atoms with van der Waals surface area (Å²) < 4.78 is 0. The highest BCUT2D eigenvalue weighted by Gasteiger charge is 2.16. The molecule has 0 aliphatic rings. The average molecular weight is 237 g/mol. The summed E-state index contributed by atoms with van der Waals surface area (Å²) in [6.45, 7) is 4.13. The van der Waals surface area contributed by atoms with Crippen molar-refractivity contribution in [2.24, 2.45) is 0 Å². The molecule has 0 saturated carbocycles. The lowest BCUT2D eigenvalue weighted by Crippen LogP contribution is -2.39. The van der Waals surface area contributed by atoms with E-state index >= 15 is 0 Å². The van der Waals surface area contributed by atoms with Gasteiger partial charge in [0.15, 0.2) is 0 Å². The van der Waals surface area contributed by atoms with Crippen LogP contribution in [0.2, 0.25) is 0 Å². The van der Waals surface area contributed by atoms with Crippen LogP contribution in [0.1, 0.15) is 19.4 Å². The molecule has 1 aromatic carbocycles. The SMILES string of the molecule is CC(C)N(CCO)C(=O)Cc1cccc(O)c1. The quantitative estimate of drug-likeness (QED) is 0.808. The first kappa shape index (κ1) is 13.5. The summed E-state index contributed by atoms with van der Waals surface area (Å²) in [5.41, 5.74) is 0.776. The molecule has 1 amide bonds. The van der Waals surface area contributed by atoms with Gasteiger partial charge < -0.3 is 15.1 Å². The number of carbonyl (C=O) groups excluding carboxylic acids is 1. The van der Waals surface area contributed by atoms with Crippen molar-refractivity contribution in [3.63, 3.8) is 0 Å². The number of hydrogen-bond donors (Lipinski definition) is 2. The summed E-state index contributed by atoms with van der Waals surface area (Å²) in [6, 6.07) is 6.72. The molecule has 2 N–H and O–H groups in total. The number of amides is 1. The number of benzene rings is 1. The standard InChI is InChI=1S/C13H19NO3/c1-10(2)14(6-7-15)13(17)9-11-4-3-5-12(16)8-11/h3-5,8,10,15-16H,6-7,9H2,1-2H3. The molecule has 1 rings (SSSR count). The van der Waals surface area contributed by atoms with Crippen molar-refractivity contribution in [2.75, 3.05) is 13.2 Å². The van der Waals surface area contributed by atoms with Gasteiger partial charge in [-0.2, -0.15) is 0 Å². The minimum atomic E-state index is -0.0420. The van der Waals surface area contributed by atoms with Crippen LogP contribution in [-0.2, 0) is 11.2 Å². The Bertz CT molecular complexity index is 377. The monoisotopic (exact) mass is 237 g/mol. The molecule has 4 nitrogen and oxygen atoms in total. The van der Waals surface area contributed by atoms with Crippen LogP contribution in [0.3, 0.4) is 0 Å². The Morgan fingerprint density at radius 2 is 2.12 bits per heavy atom. The predicted molar refractivity (Wildman–Crippen MR) is 65.7 cm³/mol. The van der Waals surface area contributed by atoms with Crippen LogP contribution in [0.4, 0.5) is 0 Å². The number of nitrogens with zero attached hydrogens (tertiary/aromatic N) is 1. The number of rotatable bonds is 5. The van der Waals surface area contributed by atoms with Gasteiger partial charge in [-0.15, -0.1) is 0 Å². The maximum Gasteiger partial charge on any atom is 0.227 e. The summed E-state index contributed by atoms with van der Waals surface area (Å²) in [5, 5.41) is 18.2. The maximum absolute atomic E-state index is 12.0. The zero-order valence-corrected chi connectivity index (χ0v) is 10.3. The van der Waals surface area contributed by atoms with Gasteiger partial charge in [0, 0.05) is 12.6 Å². The Balaban J connectivity index is 2.69. The van der Waals surface area contributed by atoms with Crippen LogP contribution in [0, 0.1) is 0 Å². The predicted octanol–water partition coefficient (Wildman–Crippen LogP) is 1.16. The second-order valence-corrected chi connectivity index (χ2v) is 4.25. The molecular formula is C13H19NO3. The number of aliphatic hydroxyl groups is 1. The minimum Gasteiger partial charge on any atom is -0.508 e. The molecule has 0 aromatic heterocycles. The van der Waals surface area contributed by atoms with E-state index in [2.05, 4.69) is 0 Å². The number of aromatic hydroxyl groups is 1. The molecule has 0 aliphatic carbocycles. The Morgan fingerprint density at radius 3 is 2.65 bits per heavy atom. The normalized spacial score (nSPS) is 10.6. The van der Waals surface area contributed by atoms with Gasteiger partial charge in [-0.05, 0) is 31.5 Å². The third-order valence-corrected chi connectivity index (χ3v) is 2.55. The zero-order valence-electron chi connectivity index (χ0n) is 10.3. The number of carbonyl (C=O) groups is 1. The van der Waals surface area contributed by atoms with E-state index in [1.165, 1.54) is 0 Å². The summed E-state index contributed by atoms with van der Waals surface area (Å²) in [6.07, 6.45) is 0.243. The van der Waals surface area contributed by atoms with E-state index in [1.807, 2.05) is 13.8 Å². The van der Waals surface area contributed by atoms with Gasteiger partial charge in [-0.3, -0.25) is 4.79 Å². The molecule has 0 radical (unpaired) electrons. The van der Waals surface area contributed by atoms with Gasteiger partial charge >= 0.3 is 0 Å². The van der Waals surface area contributed by atoms with Crippen molar-refractivity contribution in [2.45, 2.75) is 26.3 Å². The molecule has 0 spiro atoms. The minimum absolute atomic E-state index is 0.0377. The van der Waals surface area contributed by atoms with Crippen LogP contribution in [-0.4, -0.2) is 40.2 Å².